The average molecular weight is 544 g/mol. The SMILES string of the molecule is CCOC(=O)c1c(NC(=O)CSc2nnc(-c3csc4ccccc34)n2C(C)C)sc(C(N)=O)c1C. The first-order valence-corrected chi connectivity index (χ1v) is 13.9. The van der Waals surface area contributed by atoms with Crippen LogP contribution in [0.2, 0.25) is 0 Å². The zero-order valence-corrected chi connectivity index (χ0v) is 22.6. The van der Waals surface area contributed by atoms with Crippen LogP contribution in [-0.2, 0) is 9.53 Å². The van der Waals surface area contributed by atoms with Crippen molar-refractivity contribution in [1.82, 2.24) is 14.8 Å². The fourth-order valence-corrected chi connectivity index (χ4v) is 6.62. The second-order valence-electron chi connectivity index (χ2n) is 8.10. The van der Waals surface area contributed by atoms with Gasteiger partial charge in [0.15, 0.2) is 11.0 Å². The number of aromatic nitrogens is 3. The molecule has 9 nitrogen and oxygen atoms in total. The number of nitrogens with two attached hydrogens (primary N) is 1. The third kappa shape index (κ3) is 5.01. The number of carbonyl (C=O) groups is 3. The molecule has 12 heteroatoms. The smallest absolute Gasteiger partial charge is 0.341 e. The van der Waals surface area contributed by atoms with Crippen LogP contribution < -0.4 is 11.1 Å². The van der Waals surface area contributed by atoms with Crippen molar-refractivity contribution < 1.29 is 19.1 Å². The minimum absolute atomic E-state index is 0.0281. The van der Waals surface area contributed by atoms with E-state index in [0.717, 1.165) is 28.1 Å². The summed E-state index contributed by atoms with van der Waals surface area (Å²) in [4.78, 5) is 37.3. The van der Waals surface area contributed by atoms with Gasteiger partial charge >= 0.3 is 5.97 Å². The summed E-state index contributed by atoms with van der Waals surface area (Å²) in [5.74, 6) is -0.871. The van der Waals surface area contributed by atoms with Crippen LogP contribution in [0.1, 0.15) is 52.4 Å². The number of thioether (sulfide) groups is 1. The molecule has 188 valence electrons. The molecule has 0 spiro atoms. The van der Waals surface area contributed by atoms with Crippen LogP contribution in [0.3, 0.4) is 0 Å². The van der Waals surface area contributed by atoms with Gasteiger partial charge in [-0.1, -0.05) is 30.0 Å². The second-order valence-corrected chi connectivity index (χ2v) is 11.0. The molecule has 1 aromatic carbocycles. The predicted molar refractivity (Wildman–Crippen MR) is 144 cm³/mol. The number of rotatable bonds is 9. The van der Waals surface area contributed by atoms with E-state index in [-0.39, 0.29) is 39.8 Å². The summed E-state index contributed by atoms with van der Waals surface area (Å²) in [5, 5.41) is 15.6. The predicted octanol–water partition coefficient (Wildman–Crippen LogP) is 5.12. The molecule has 3 N–H and O–H groups in total. The number of nitrogens with zero attached hydrogens (tertiary/aromatic N) is 3. The van der Waals surface area contributed by atoms with Crippen molar-refractivity contribution in [3.05, 3.63) is 45.6 Å². The zero-order chi connectivity index (χ0) is 26.0. The molecular formula is C24H25N5O4S3. The Hall–Kier alpha value is -3.22. The third-order valence-corrected chi connectivity index (χ3v) is 8.47. The number of amides is 2. The van der Waals surface area contributed by atoms with Crippen LogP contribution in [0.25, 0.3) is 21.5 Å². The van der Waals surface area contributed by atoms with Gasteiger partial charge in [0, 0.05) is 27.1 Å². The number of primary amides is 1. The van der Waals surface area contributed by atoms with Crippen LogP contribution in [-0.4, -0.2) is 44.9 Å². The second kappa shape index (κ2) is 10.8. The minimum atomic E-state index is -0.670. The lowest BCUT2D eigenvalue weighted by molar-refractivity contribution is -0.113. The number of esters is 1. The number of ether oxygens (including phenoxy) is 1. The topological polar surface area (TPSA) is 129 Å². The van der Waals surface area contributed by atoms with Gasteiger partial charge in [0.25, 0.3) is 5.91 Å². The molecule has 0 aliphatic rings. The van der Waals surface area contributed by atoms with E-state index in [9.17, 15) is 14.4 Å². The molecule has 36 heavy (non-hydrogen) atoms. The first-order chi connectivity index (χ1) is 17.2. The van der Waals surface area contributed by atoms with Gasteiger partial charge in [0.2, 0.25) is 5.91 Å². The van der Waals surface area contributed by atoms with Crippen molar-refractivity contribution in [2.45, 2.75) is 38.9 Å². The van der Waals surface area contributed by atoms with E-state index in [2.05, 4.69) is 33.0 Å². The van der Waals surface area contributed by atoms with E-state index in [1.54, 1.807) is 25.2 Å². The van der Waals surface area contributed by atoms with Crippen LogP contribution in [0, 0.1) is 6.92 Å². The van der Waals surface area contributed by atoms with Gasteiger partial charge in [-0.3, -0.25) is 14.2 Å². The summed E-state index contributed by atoms with van der Waals surface area (Å²) in [6, 6.07) is 8.19. The van der Waals surface area contributed by atoms with E-state index < -0.39 is 11.9 Å². The van der Waals surface area contributed by atoms with Crippen molar-refractivity contribution in [2.24, 2.45) is 5.73 Å². The first kappa shape index (κ1) is 25.9. The number of anilines is 1. The summed E-state index contributed by atoms with van der Waals surface area (Å²) in [5.41, 5.74) is 6.98. The molecule has 2 amide bonds. The Balaban J connectivity index is 1.56. The molecular weight excluding hydrogens is 518 g/mol. The highest BCUT2D eigenvalue weighted by Crippen LogP contribution is 2.36. The molecule has 0 aliphatic carbocycles. The Labute approximate surface area is 220 Å². The maximum atomic E-state index is 12.9. The lowest BCUT2D eigenvalue weighted by atomic mass is 10.1. The number of benzene rings is 1. The van der Waals surface area contributed by atoms with Gasteiger partial charge in [0.05, 0.1) is 22.8 Å². The quantitative estimate of drug-likeness (QED) is 0.221. The normalized spacial score (nSPS) is 11.2. The molecule has 4 aromatic rings. The summed E-state index contributed by atoms with van der Waals surface area (Å²) in [7, 11) is 0. The van der Waals surface area contributed by atoms with E-state index in [1.165, 1.54) is 16.5 Å². The van der Waals surface area contributed by atoms with Crippen molar-refractivity contribution >= 4 is 67.3 Å². The fraction of sp³-hybridized carbons (Fsp3) is 0.292. The number of hydrogen-bond acceptors (Lipinski definition) is 9. The Morgan fingerprint density at radius 1 is 1.22 bits per heavy atom. The number of carbonyl (C=O) groups excluding carboxylic acids is 3. The number of thiophene rings is 2. The molecule has 0 saturated carbocycles. The van der Waals surface area contributed by atoms with Gasteiger partial charge < -0.3 is 15.8 Å². The molecule has 0 radical (unpaired) electrons. The maximum Gasteiger partial charge on any atom is 0.341 e. The molecule has 0 fully saturated rings. The Kier molecular flexibility index (Phi) is 7.76. The van der Waals surface area contributed by atoms with Gasteiger partial charge in [-0.15, -0.1) is 32.9 Å². The standard InChI is InChI=1S/C24H25N5O4S3/c1-5-33-23(32)18-13(4)19(20(25)31)36-22(18)26-17(30)11-35-24-28-27-21(29(24)12(2)3)15-10-34-16-9-7-6-8-14(15)16/h6-10,12H,5,11H2,1-4H3,(H2,25,31)(H,26,30). The van der Waals surface area contributed by atoms with Crippen molar-refractivity contribution in [3.63, 3.8) is 0 Å². The molecule has 3 heterocycles. The average Bonchev–Trinajstić information content (AvgIpc) is 3.52. The summed E-state index contributed by atoms with van der Waals surface area (Å²) < 4.78 is 8.28. The zero-order valence-electron chi connectivity index (χ0n) is 20.2. The largest absolute Gasteiger partial charge is 0.462 e. The third-order valence-electron chi connectivity index (χ3n) is 5.34. The highest BCUT2D eigenvalue weighted by Gasteiger charge is 2.26. The van der Waals surface area contributed by atoms with E-state index in [1.807, 2.05) is 30.5 Å². The lowest BCUT2D eigenvalue weighted by Gasteiger charge is -2.13. The van der Waals surface area contributed by atoms with Crippen molar-refractivity contribution in [1.29, 1.82) is 0 Å². The minimum Gasteiger partial charge on any atom is -0.462 e. The molecule has 4 rings (SSSR count). The molecule has 0 unspecified atom stereocenters. The van der Waals surface area contributed by atoms with Gasteiger partial charge in [-0.2, -0.15) is 0 Å². The van der Waals surface area contributed by atoms with Crippen LogP contribution in [0.5, 0.6) is 0 Å². The summed E-state index contributed by atoms with van der Waals surface area (Å²) in [6.07, 6.45) is 0. The molecule has 0 bridgehead atoms. The van der Waals surface area contributed by atoms with E-state index in [0.29, 0.717) is 10.7 Å². The van der Waals surface area contributed by atoms with Crippen molar-refractivity contribution in [2.75, 3.05) is 17.7 Å². The van der Waals surface area contributed by atoms with Crippen molar-refractivity contribution in [3.8, 4) is 11.4 Å². The number of fused-ring (bicyclic) bond motifs is 1. The van der Waals surface area contributed by atoms with Crippen LogP contribution in [0.15, 0.2) is 34.8 Å². The highest BCUT2D eigenvalue weighted by molar-refractivity contribution is 7.99. The van der Waals surface area contributed by atoms with E-state index >= 15 is 0 Å². The highest BCUT2D eigenvalue weighted by atomic mass is 32.2. The Bertz CT molecular complexity index is 1450. The van der Waals surface area contributed by atoms with Gasteiger partial charge in [-0.25, -0.2) is 4.79 Å². The lowest BCUT2D eigenvalue weighted by Crippen LogP contribution is -2.17. The summed E-state index contributed by atoms with van der Waals surface area (Å²) >= 11 is 3.86. The van der Waals surface area contributed by atoms with Crippen LogP contribution in [0.4, 0.5) is 5.00 Å². The monoisotopic (exact) mass is 543 g/mol. The molecule has 3 aromatic heterocycles. The maximum absolute atomic E-state index is 12.9. The van der Waals surface area contributed by atoms with E-state index in [4.69, 9.17) is 10.5 Å². The Morgan fingerprint density at radius 3 is 2.67 bits per heavy atom. The number of hydrogen-bond donors (Lipinski definition) is 2. The van der Waals surface area contributed by atoms with Crippen LogP contribution >= 0.6 is 34.4 Å². The molecule has 0 atom stereocenters. The first-order valence-electron chi connectivity index (χ1n) is 11.2. The van der Waals surface area contributed by atoms with Gasteiger partial charge in [0.1, 0.15) is 5.00 Å². The Morgan fingerprint density at radius 2 is 1.97 bits per heavy atom. The molecule has 0 saturated heterocycles. The molecule has 0 aliphatic heterocycles. The number of nitrogens with one attached hydrogen (secondary N) is 1. The fourth-order valence-electron chi connectivity index (χ4n) is 3.75. The van der Waals surface area contributed by atoms with Gasteiger partial charge in [-0.05, 0) is 39.3 Å². The summed E-state index contributed by atoms with van der Waals surface area (Å²) in [6.45, 7) is 7.53.